The van der Waals surface area contributed by atoms with Gasteiger partial charge in [-0.25, -0.2) is 9.18 Å². The van der Waals surface area contributed by atoms with Crippen LogP contribution in [0.15, 0.2) is 12.3 Å². The Morgan fingerprint density at radius 2 is 2.05 bits per heavy atom. The molecule has 6 heteroatoms. The smallest absolute Gasteiger partial charge is 0.419 e. The van der Waals surface area contributed by atoms with Crippen LogP contribution in [0.4, 0.5) is 9.18 Å². The lowest BCUT2D eigenvalue weighted by molar-refractivity contribution is 0.0544. The summed E-state index contributed by atoms with van der Waals surface area (Å²) in [5.74, 6) is -1.63. The fourth-order valence-corrected chi connectivity index (χ4v) is 2.14. The first-order valence-electron chi connectivity index (χ1n) is 6.38. The molecule has 0 aliphatic carbocycles. The number of aldehydes is 1. The zero-order chi connectivity index (χ0) is 15.9. The van der Waals surface area contributed by atoms with Crippen molar-refractivity contribution in [1.29, 1.82) is 0 Å². The number of nitrogens with zero attached hydrogens (tertiary/aromatic N) is 1. The average molecular weight is 293 g/mol. The summed E-state index contributed by atoms with van der Waals surface area (Å²) in [6, 6.07) is 1.47. The number of hydrogen-bond donors (Lipinski definition) is 1. The predicted octanol–water partition coefficient (Wildman–Crippen LogP) is 3.39. The van der Waals surface area contributed by atoms with Gasteiger partial charge < -0.3 is 9.84 Å². The van der Waals surface area contributed by atoms with Crippen molar-refractivity contribution in [2.75, 3.05) is 0 Å². The third-order valence-corrected chi connectivity index (χ3v) is 3.03. The summed E-state index contributed by atoms with van der Waals surface area (Å²) < 4.78 is 20.4. The normalized spacial score (nSPS) is 11.7. The first-order chi connectivity index (χ1) is 9.67. The monoisotopic (exact) mass is 293 g/mol. The lowest BCUT2D eigenvalue weighted by Crippen LogP contribution is -2.26. The molecular weight excluding hydrogens is 277 g/mol. The number of aryl methyl sites for hydroxylation is 1. The summed E-state index contributed by atoms with van der Waals surface area (Å²) in [7, 11) is 0. The number of fused-ring (bicyclic) bond motifs is 1. The first-order valence-corrected chi connectivity index (χ1v) is 6.38. The molecule has 0 saturated carbocycles. The average Bonchev–Trinajstić information content (AvgIpc) is 2.79. The van der Waals surface area contributed by atoms with Gasteiger partial charge in [0, 0.05) is 17.1 Å². The summed E-state index contributed by atoms with van der Waals surface area (Å²) >= 11 is 0. The summed E-state index contributed by atoms with van der Waals surface area (Å²) in [6.07, 6.45) is 1.07. The van der Waals surface area contributed by atoms with Gasteiger partial charge in [0.1, 0.15) is 5.60 Å². The molecule has 0 aliphatic heterocycles. The Morgan fingerprint density at radius 3 is 2.57 bits per heavy atom. The molecule has 0 unspecified atom stereocenters. The lowest BCUT2D eigenvalue weighted by Gasteiger charge is -2.20. The minimum absolute atomic E-state index is 0.0731. The SMILES string of the molecule is Cc1c(F)c(O)c(C=O)c2ccn(C(=O)OC(C)(C)C)c12. The molecule has 0 spiro atoms. The third kappa shape index (κ3) is 2.49. The zero-order valence-electron chi connectivity index (χ0n) is 12.2. The molecule has 0 atom stereocenters. The second-order valence-corrected chi connectivity index (χ2v) is 5.75. The first kappa shape index (κ1) is 15.0. The van der Waals surface area contributed by atoms with E-state index in [0.717, 1.165) is 4.57 Å². The highest BCUT2D eigenvalue weighted by atomic mass is 19.1. The van der Waals surface area contributed by atoms with Gasteiger partial charge in [-0.15, -0.1) is 0 Å². The Balaban J connectivity index is 2.72. The van der Waals surface area contributed by atoms with Crippen molar-refractivity contribution in [2.45, 2.75) is 33.3 Å². The van der Waals surface area contributed by atoms with Crippen LogP contribution in [-0.4, -0.2) is 27.7 Å². The molecule has 1 heterocycles. The molecule has 0 bridgehead atoms. The zero-order valence-corrected chi connectivity index (χ0v) is 12.2. The standard InChI is InChI=1S/C15H16FNO4/c1-8-11(16)13(19)10(7-18)9-5-6-17(12(8)9)14(20)21-15(2,3)4/h5-7,19H,1-4H3. The topological polar surface area (TPSA) is 68.5 Å². The summed E-state index contributed by atoms with van der Waals surface area (Å²) in [5.41, 5.74) is -0.606. The van der Waals surface area contributed by atoms with Gasteiger partial charge in [-0.05, 0) is 33.8 Å². The quantitative estimate of drug-likeness (QED) is 0.818. The Hall–Kier alpha value is -2.37. The van der Waals surface area contributed by atoms with Crippen molar-refractivity contribution >= 4 is 23.3 Å². The molecule has 1 aromatic heterocycles. The molecule has 0 aliphatic rings. The van der Waals surface area contributed by atoms with Crippen LogP contribution in [0.25, 0.3) is 10.9 Å². The van der Waals surface area contributed by atoms with E-state index in [4.69, 9.17) is 4.74 Å². The Kier molecular flexibility index (Phi) is 3.49. The van der Waals surface area contributed by atoms with Crippen molar-refractivity contribution in [1.82, 2.24) is 4.57 Å². The van der Waals surface area contributed by atoms with E-state index in [9.17, 15) is 19.1 Å². The minimum Gasteiger partial charge on any atom is -0.504 e. The molecule has 21 heavy (non-hydrogen) atoms. The van der Waals surface area contributed by atoms with E-state index in [2.05, 4.69) is 0 Å². The fourth-order valence-electron chi connectivity index (χ4n) is 2.14. The summed E-state index contributed by atoms with van der Waals surface area (Å²) in [6.45, 7) is 6.57. The van der Waals surface area contributed by atoms with Gasteiger partial charge in [-0.3, -0.25) is 9.36 Å². The van der Waals surface area contributed by atoms with Crippen LogP contribution in [0.2, 0.25) is 0 Å². The van der Waals surface area contributed by atoms with E-state index in [0.29, 0.717) is 11.7 Å². The molecule has 112 valence electrons. The van der Waals surface area contributed by atoms with E-state index >= 15 is 0 Å². The highest BCUT2D eigenvalue weighted by Crippen LogP contribution is 2.33. The highest BCUT2D eigenvalue weighted by molar-refractivity contribution is 6.04. The van der Waals surface area contributed by atoms with Crippen molar-refractivity contribution in [2.24, 2.45) is 0 Å². The fraction of sp³-hybridized carbons (Fsp3) is 0.333. The number of hydrogen-bond acceptors (Lipinski definition) is 4. The van der Waals surface area contributed by atoms with Crippen LogP contribution in [0, 0.1) is 12.7 Å². The van der Waals surface area contributed by atoms with Crippen molar-refractivity contribution in [3.8, 4) is 5.75 Å². The Bertz CT molecular complexity index is 740. The maximum atomic E-state index is 14.0. The number of phenolic OH excluding ortho intramolecular Hbond substituents is 1. The van der Waals surface area contributed by atoms with Crippen molar-refractivity contribution < 1.29 is 23.8 Å². The second kappa shape index (κ2) is 4.87. The van der Waals surface area contributed by atoms with Gasteiger partial charge >= 0.3 is 6.09 Å². The molecule has 1 N–H and O–H groups in total. The number of ether oxygens (including phenoxy) is 1. The van der Waals surface area contributed by atoms with Crippen LogP contribution < -0.4 is 0 Å². The molecular formula is C15H16FNO4. The number of benzene rings is 1. The molecule has 1 aromatic carbocycles. The molecule has 2 aromatic rings. The molecule has 5 nitrogen and oxygen atoms in total. The lowest BCUT2D eigenvalue weighted by atomic mass is 10.1. The van der Waals surface area contributed by atoms with Gasteiger partial charge in [0.25, 0.3) is 0 Å². The molecule has 0 amide bonds. The number of carbonyl (C=O) groups is 2. The summed E-state index contributed by atoms with van der Waals surface area (Å²) in [5, 5.41) is 9.98. The van der Waals surface area contributed by atoms with Crippen LogP contribution in [0.1, 0.15) is 36.7 Å². The van der Waals surface area contributed by atoms with E-state index < -0.39 is 23.3 Å². The predicted molar refractivity (Wildman–Crippen MR) is 75.3 cm³/mol. The van der Waals surface area contributed by atoms with E-state index in [1.54, 1.807) is 20.8 Å². The van der Waals surface area contributed by atoms with Gasteiger partial charge in [0.05, 0.1) is 11.1 Å². The Morgan fingerprint density at radius 1 is 1.43 bits per heavy atom. The van der Waals surface area contributed by atoms with Crippen LogP contribution in [-0.2, 0) is 4.74 Å². The molecule has 0 radical (unpaired) electrons. The van der Waals surface area contributed by atoms with Crippen LogP contribution in [0.3, 0.4) is 0 Å². The van der Waals surface area contributed by atoms with Crippen LogP contribution in [0.5, 0.6) is 5.75 Å². The third-order valence-electron chi connectivity index (χ3n) is 3.03. The molecule has 0 saturated heterocycles. The van der Waals surface area contributed by atoms with Gasteiger partial charge in [-0.2, -0.15) is 0 Å². The molecule has 2 rings (SSSR count). The van der Waals surface area contributed by atoms with Crippen molar-refractivity contribution in [3.63, 3.8) is 0 Å². The number of phenols is 1. The largest absolute Gasteiger partial charge is 0.504 e. The van der Waals surface area contributed by atoms with Crippen LogP contribution >= 0.6 is 0 Å². The number of aromatic nitrogens is 1. The van der Waals surface area contributed by atoms with Gasteiger partial charge in [-0.1, -0.05) is 0 Å². The van der Waals surface area contributed by atoms with Gasteiger partial charge in [0.2, 0.25) is 0 Å². The second-order valence-electron chi connectivity index (χ2n) is 5.75. The maximum Gasteiger partial charge on any atom is 0.419 e. The number of rotatable bonds is 1. The number of aromatic hydroxyl groups is 1. The minimum atomic E-state index is -0.923. The summed E-state index contributed by atoms with van der Waals surface area (Å²) in [4.78, 5) is 23.2. The van der Waals surface area contributed by atoms with E-state index in [1.807, 2.05) is 0 Å². The number of halogens is 1. The highest BCUT2D eigenvalue weighted by Gasteiger charge is 2.24. The Labute approximate surface area is 120 Å². The maximum absolute atomic E-state index is 14.0. The van der Waals surface area contributed by atoms with Gasteiger partial charge in [0.15, 0.2) is 17.9 Å². The van der Waals surface area contributed by atoms with E-state index in [1.165, 1.54) is 19.2 Å². The van der Waals surface area contributed by atoms with E-state index in [-0.39, 0.29) is 16.6 Å². The molecule has 0 fully saturated rings. The van der Waals surface area contributed by atoms with Crippen molar-refractivity contribution in [3.05, 3.63) is 29.2 Å². The number of carbonyl (C=O) groups excluding carboxylic acids is 2.